The van der Waals surface area contributed by atoms with Crippen LogP contribution in [0.5, 0.6) is 0 Å². The van der Waals surface area contributed by atoms with Crippen LogP contribution in [0, 0.1) is 5.82 Å². The van der Waals surface area contributed by atoms with Gasteiger partial charge in [-0.2, -0.15) is 0 Å². The molecule has 0 amide bonds. The minimum atomic E-state index is -0.394. The number of rotatable bonds is 1. The molecule has 0 bridgehead atoms. The molecule has 1 aliphatic heterocycles. The van der Waals surface area contributed by atoms with E-state index in [1.807, 2.05) is 0 Å². The van der Waals surface area contributed by atoms with Gasteiger partial charge >= 0.3 is 0 Å². The minimum absolute atomic E-state index is 0.340. The highest BCUT2D eigenvalue weighted by Gasteiger charge is 2.24. The second-order valence-electron chi connectivity index (χ2n) is 4.01. The van der Waals surface area contributed by atoms with Gasteiger partial charge < -0.3 is 10.2 Å². The van der Waals surface area contributed by atoms with Crippen LogP contribution in [0.15, 0.2) is 12.4 Å². The molecular formula is C10H15FN4. The highest BCUT2D eigenvalue weighted by Crippen LogP contribution is 2.14. The zero-order valence-corrected chi connectivity index (χ0v) is 8.94. The molecule has 0 radical (unpaired) electrons. The van der Waals surface area contributed by atoms with E-state index in [-0.39, 0.29) is 0 Å². The Morgan fingerprint density at radius 1 is 1.40 bits per heavy atom. The molecule has 0 aromatic carbocycles. The lowest BCUT2D eigenvalue weighted by molar-refractivity contribution is 0.419. The largest absolute Gasteiger partial charge is 0.335 e. The lowest BCUT2D eigenvalue weighted by Crippen LogP contribution is -2.55. The standard InChI is InChI=1S/C10H15FN4/c1-7-6-15(8(2)3-12-7)10-13-4-9(11)5-14-10/h4-5,7-8,12H,3,6H2,1-2H3. The molecule has 1 N–H and O–H groups in total. The number of anilines is 1. The lowest BCUT2D eigenvalue weighted by Gasteiger charge is -2.37. The number of nitrogens with one attached hydrogen (secondary N) is 1. The number of nitrogens with zero attached hydrogens (tertiary/aromatic N) is 3. The van der Waals surface area contributed by atoms with Gasteiger partial charge in [-0.1, -0.05) is 0 Å². The normalized spacial score (nSPS) is 26.7. The summed E-state index contributed by atoms with van der Waals surface area (Å²) in [4.78, 5) is 10.1. The van der Waals surface area contributed by atoms with Gasteiger partial charge in [0.15, 0.2) is 5.82 Å². The van der Waals surface area contributed by atoms with Crippen LogP contribution >= 0.6 is 0 Å². The Kier molecular flexibility index (Phi) is 2.81. The summed E-state index contributed by atoms with van der Waals surface area (Å²) in [5.74, 6) is 0.215. The summed E-state index contributed by atoms with van der Waals surface area (Å²) in [6.07, 6.45) is 2.42. The van der Waals surface area contributed by atoms with Crippen molar-refractivity contribution in [2.75, 3.05) is 18.0 Å². The van der Waals surface area contributed by atoms with Gasteiger partial charge in [-0.25, -0.2) is 14.4 Å². The highest BCUT2D eigenvalue weighted by molar-refractivity contribution is 5.32. The van der Waals surface area contributed by atoms with Crippen molar-refractivity contribution in [3.8, 4) is 0 Å². The zero-order chi connectivity index (χ0) is 10.8. The van der Waals surface area contributed by atoms with Crippen LogP contribution in [0.4, 0.5) is 10.3 Å². The van der Waals surface area contributed by atoms with E-state index in [0.717, 1.165) is 13.1 Å². The molecule has 5 heteroatoms. The number of aromatic nitrogens is 2. The second-order valence-corrected chi connectivity index (χ2v) is 4.01. The first kappa shape index (κ1) is 10.3. The molecule has 2 atom stereocenters. The molecular weight excluding hydrogens is 195 g/mol. The molecule has 0 saturated carbocycles. The molecule has 2 rings (SSSR count). The fourth-order valence-corrected chi connectivity index (χ4v) is 1.75. The Morgan fingerprint density at radius 3 is 2.73 bits per heavy atom. The smallest absolute Gasteiger partial charge is 0.225 e. The topological polar surface area (TPSA) is 41.1 Å². The van der Waals surface area contributed by atoms with Gasteiger partial charge in [-0.3, -0.25) is 0 Å². The van der Waals surface area contributed by atoms with E-state index in [2.05, 4.69) is 34.0 Å². The fourth-order valence-electron chi connectivity index (χ4n) is 1.75. The highest BCUT2D eigenvalue weighted by atomic mass is 19.1. The third-order valence-corrected chi connectivity index (χ3v) is 2.63. The zero-order valence-electron chi connectivity index (χ0n) is 8.94. The summed E-state index contributed by atoms with van der Waals surface area (Å²) in [7, 11) is 0. The maximum absolute atomic E-state index is 12.7. The molecule has 1 saturated heterocycles. The molecule has 4 nitrogen and oxygen atoms in total. The Labute approximate surface area is 88.5 Å². The van der Waals surface area contributed by atoms with Gasteiger partial charge in [0.2, 0.25) is 5.95 Å². The summed E-state index contributed by atoms with van der Waals surface area (Å²) in [6.45, 7) is 5.97. The summed E-state index contributed by atoms with van der Waals surface area (Å²) in [5.41, 5.74) is 0. The van der Waals surface area contributed by atoms with Crippen LogP contribution in [0.1, 0.15) is 13.8 Å². The van der Waals surface area contributed by atoms with Crippen molar-refractivity contribution in [2.45, 2.75) is 25.9 Å². The Bertz CT molecular complexity index is 327. The van der Waals surface area contributed by atoms with E-state index in [1.165, 1.54) is 12.4 Å². The van der Waals surface area contributed by atoms with Gasteiger partial charge in [0.25, 0.3) is 0 Å². The summed E-state index contributed by atoms with van der Waals surface area (Å²) in [5, 5.41) is 3.37. The van der Waals surface area contributed by atoms with Gasteiger partial charge in [0.1, 0.15) is 0 Å². The maximum atomic E-state index is 12.7. The first-order chi connectivity index (χ1) is 7.16. The van der Waals surface area contributed by atoms with Gasteiger partial charge in [0.05, 0.1) is 12.4 Å². The van der Waals surface area contributed by atoms with Crippen LogP contribution in [0.3, 0.4) is 0 Å². The Morgan fingerprint density at radius 2 is 2.07 bits per heavy atom. The van der Waals surface area contributed by atoms with Crippen molar-refractivity contribution in [1.82, 2.24) is 15.3 Å². The predicted octanol–water partition coefficient (Wildman–Crippen LogP) is 0.802. The monoisotopic (exact) mass is 210 g/mol. The van der Waals surface area contributed by atoms with Crippen molar-refractivity contribution in [1.29, 1.82) is 0 Å². The van der Waals surface area contributed by atoms with Crippen LogP contribution < -0.4 is 10.2 Å². The average molecular weight is 210 g/mol. The first-order valence-corrected chi connectivity index (χ1v) is 5.14. The molecule has 0 spiro atoms. The van der Waals surface area contributed by atoms with Crippen molar-refractivity contribution in [3.05, 3.63) is 18.2 Å². The third-order valence-electron chi connectivity index (χ3n) is 2.63. The van der Waals surface area contributed by atoms with Crippen LogP contribution in [-0.4, -0.2) is 35.1 Å². The van der Waals surface area contributed by atoms with E-state index < -0.39 is 5.82 Å². The predicted molar refractivity (Wildman–Crippen MR) is 56.3 cm³/mol. The number of halogens is 1. The molecule has 1 aliphatic rings. The van der Waals surface area contributed by atoms with Crippen LogP contribution in [0.25, 0.3) is 0 Å². The van der Waals surface area contributed by atoms with E-state index in [0.29, 0.717) is 18.0 Å². The summed E-state index contributed by atoms with van der Waals surface area (Å²) < 4.78 is 12.7. The molecule has 82 valence electrons. The molecule has 0 aliphatic carbocycles. The van der Waals surface area contributed by atoms with Gasteiger partial charge in [0, 0.05) is 25.2 Å². The molecule has 1 aromatic heterocycles. The first-order valence-electron chi connectivity index (χ1n) is 5.14. The van der Waals surface area contributed by atoms with Crippen molar-refractivity contribution < 1.29 is 4.39 Å². The number of hydrogen-bond donors (Lipinski definition) is 1. The van der Waals surface area contributed by atoms with Crippen molar-refractivity contribution in [3.63, 3.8) is 0 Å². The van der Waals surface area contributed by atoms with Crippen LogP contribution in [0.2, 0.25) is 0 Å². The summed E-state index contributed by atoms with van der Waals surface area (Å²) >= 11 is 0. The minimum Gasteiger partial charge on any atom is -0.335 e. The lowest BCUT2D eigenvalue weighted by atomic mass is 10.1. The Balaban J connectivity index is 2.17. The fraction of sp³-hybridized carbons (Fsp3) is 0.600. The Hall–Kier alpha value is -1.23. The second kappa shape index (κ2) is 4.10. The van der Waals surface area contributed by atoms with E-state index in [9.17, 15) is 4.39 Å². The molecule has 1 fully saturated rings. The SMILES string of the molecule is CC1CN(c2ncc(F)cn2)C(C)CN1. The van der Waals surface area contributed by atoms with E-state index >= 15 is 0 Å². The van der Waals surface area contributed by atoms with Crippen molar-refractivity contribution >= 4 is 5.95 Å². The van der Waals surface area contributed by atoms with Gasteiger partial charge in [-0.05, 0) is 13.8 Å². The van der Waals surface area contributed by atoms with Crippen LogP contribution in [-0.2, 0) is 0 Å². The molecule has 2 unspecified atom stereocenters. The molecule has 15 heavy (non-hydrogen) atoms. The quantitative estimate of drug-likeness (QED) is 0.744. The third kappa shape index (κ3) is 2.23. The number of piperazine rings is 1. The van der Waals surface area contributed by atoms with Gasteiger partial charge in [-0.15, -0.1) is 0 Å². The average Bonchev–Trinajstić information content (AvgIpc) is 2.23. The van der Waals surface area contributed by atoms with E-state index in [1.54, 1.807) is 0 Å². The molecule has 1 aromatic rings. The number of hydrogen-bond acceptors (Lipinski definition) is 4. The molecule has 2 heterocycles. The maximum Gasteiger partial charge on any atom is 0.225 e. The van der Waals surface area contributed by atoms with Crippen molar-refractivity contribution in [2.24, 2.45) is 0 Å². The summed E-state index contributed by atoms with van der Waals surface area (Å²) in [6, 6.07) is 0.751. The van der Waals surface area contributed by atoms with E-state index in [4.69, 9.17) is 0 Å².